The summed E-state index contributed by atoms with van der Waals surface area (Å²) in [5.41, 5.74) is 5.74. The zero-order chi connectivity index (χ0) is 12.4. The van der Waals surface area contributed by atoms with Crippen molar-refractivity contribution in [3.63, 3.8) is 0 Å². The lowest BCUT2D eigenvalue weighted by Crippen LogP contribution is -2.13. The number of nitrogens with zero attached hydrogens (tertiary/aromatic N) is 1. The summed E-state index contributed by atoms with van der Waals surface area (Å²) in [6, 6.07) is 4.36. The minimum Gasteiger partial charge on any atom is -0.326 e. The van der Waals surface area contributed by atoms with Gasteiger partial charge in [-0.25, -0.2) is 13.9 Å². The van der Waals surface area contributed by atoms with Crippen LogP contribution in [0.4, 0.5) is 8.78 Å². The predicted octanol–water partition coefficient (Wildman–Crippen LogP) is 1.17. The summed E-state index contributed by atoms with van der Waals surface area (Å²) in [5, 5.41) is 5.92. The van der Waals surface area contributed by atoms with E-state index in [-0.39, 0.29) is 17.8 Å². The van der Waals surface area contributed by atoms with Crippen LogP contribution in [0, 0.1) is 11.6 Å². The molecule has 0 aliphatic carbocycles. The number of hydrogen-bond acceptors (Lipinski definition) is 3. The van der Waals surface area contributed by atoms with E-state index in [1.165, 1.54) is 12.1 Å². The third kappa shape index (κ3) is 2.21. The van der Waals surface area contributed by atoms with Crippen LogP contribution in [0.3, 0.4) is 0 Å². The summed E-state index contributed by atoms with van der Waals surface area (Å²) in [4.78, 5) is 11.0. The highest BCUT2D eigenvalue weighted by Gasteiger charge is 2.12. The summed E-state index contributed by atoms with van der Waals surface area (Å²) in [5.74, 6) is -1.43. The second-order valence-corrected chi connectivity index (χ2v) is 3.43. The second-order valence-electron chi connectivity index (χ2n) is 3.43. The van der Waals surface area contributed by atoms with E-state index < -0.39 is 17.2 Å². The van der Waals surface area contributed by atoms with Crippen molar-refractivity contribution in [2.24, 2.45) is 5.73 Å². The maximum atomic E-state index is 13.5. The number of aromatic nitrogens is 2. The first-order valence-corrected chi connectivity index (χ1v) is 4.86. The number of hydrogen-bond donors (Lipinski definition) is 2. The number of halogens is 2. The zero-order valence-electron chi connectivity index (χ0n) is 8.71. The van der Waals surface area contributed by atoms with E-state index in [1.54, 1.807) is 0 Å². The molecule has 0 radical (unpaired) electrons. The minimum atomic E-state index is -0.751. The van der Waals surface area contributed by atoms with Crippen molar-refractivity contribution in [3.05, 3.63) is 51.8 Å². The molecule has 0 atom stereocenters. The van der Waals surface area contributed by atoms with E-state index >= 15 is 0 Å². The van der Waals surface area contributed by atoms with E-state index in [0.29, 0.717) is 5.56 Å². The van der Waals surface area contributed by atoms with Crippen molar-refractivity contribution in [2.75, 3.05) is 0 Å². The van der Waals surface area contributed by atoms with Gasteiger partial charge in [0.15, 0.2) is 0 Å². The summed E-state index contributed by atoms with van der Waals surface area (Å²) in [6.07, 6.45) is 0. The third-order valence-corrected chi connectivity index (χ3v) is 2.29. The van der Waals surface area contributed by atoms with Crippen LogP contribution in [0.15, 0.2) is 29.1 Å². The molecule has 0 saturated carbocycles. The van der Waals surface area contributed by atoms with Gasteiger partial charge in [0.05, 0.1) is 5.69 Å². The SMILES string of the molecule is NCc1cc(=O)[nH]nc1-c1ccc(F)cc1F. The van der Waals surface area contributed by atoms with Crippen LogP contribution in [-0.2, 0) is 6.54 Å². The van der Waals surface area contributed by atoms with Crippen LogP contribution in [0.1, 0.15) is 5.56 Å². The van der Waals surface area contributed by atoms with Crippen LogP contribution >= 0.6 is 0 Å². The van der Waals surface area contributed by atoms with Gasteiger partial charge in [-0.05, 0) is 17.7 Å². The molecule has 0 saturated heterocycles. The fourth-order valence-electron chi connectivity index (χ4n) is 1.51. The molecule has 2 aromatic rings. The minimum absolute atomic E-state index is 0.0447. The van der Waals surface area contributed by atoms with Crippen molar-refractivity contribution in [1.82, 2.24) is 10.2 Å². The van der Waals surface area contributed by atoms with Gasteiger partial charge in [0.25, 0.3) is 5.56 Å². The standard InChI is InChI=1S/C11H9F2N3O/c12-7-1-2-8(9(13)4-7)11-6(5-14)3-10(17)15-16-11/h1-4H,5,14H2,(H,15,17). The Labute approximate surface area is 95.1 Å². The normalized spacial score (nSPS) is 10.5. The van der Waals surface area contributed by atoms with E-state index in [0.717, 1.165) is 12.1 Å². The van der Waals surface area contributed by atoms with Crippen molar-refractivity contribution < 1.29 is 8.78 Å². The fourth-order valence-corrected chi connectivity index (χ4v) is 1.51. The topological polar surface area (TPSA) is 71.8 Å². The Morgan fingerprint density at radius 2 is 2.06 bits per heavy atom. The van der Waals surface area contributed by atoms with E-state index in [4.69, 9.17) is 5.73 Å². The molecule has 0 unspecified atom stereocenters. The Bertz CT molecular complexity index is 610. The lowest BCUT2D eigenvalue weighted by Gasteiger charge is -2.06. The summed E-state index contributed by atoms with van der Waals surface area (Å²) in [7, 11) is 0. The Morgan fingerprint density at radius 1 is 1.29 bits per heavy atom. The molecule has 17 heavy (non-hydrogen) atoms. The smallest absolute Gasteiger partial charge is 0.264 e. The quantitative estimate of drug-likeness (QED) is 0.823. The van der Waals surface area contributed by atoms with Crippen LogP contribution in [0.25, 0.3) is 11.3 Å². The van der Waals surface area contributed by atoms with Crippen molar-refractivity contribution >= 4 is 0 Å². The molecule has 88 valence electrons. The molecule has 4 nitrogen and oxygen atoms in total. The molecular weight excluding hydrogens is 228 g/mol. The van der Waals surface area contributed by atoms with Gasteiger partial charge in [0.2, 0.25) is 0 Å². The molecule has 1 aromatic heterocycles. The average molecular weight is 237 g/mol. The van der Waals surface area contributed by atoms with Crippen LogP contribution in [0.5, 0.6) is 0 Å². The number of nitrogens with two attached hydrogens (primary N) is 1. The van der Waals surface area contributed by atoms with Gasteiger partial charge in [0.1, 0.15) is 11.6 Å². The van der Waals surface area contributed by atoms with Gasteiger partial charge < -0.3 is 5.73 Å². The van der Waals surface area contributed by atoms with Crippen LogP contribution in [-0.4, -0.2) is 10.2 Å². The first-order chi connectivity index (χ1) is 8.11. The molecule has 6 heteroatoms. The lowest BCUT2D eigenvalue weighted by molar-refractivity contribution is 0.585. The monoisotopic (exact) mass is 237 g/mol. The first kappa shape index (κ1) is 11.4. The molecule has 0 amide bonds. The zero-order valence-corrected chi connectivity index (χ0v) is 8.71. The van der Waals surface area contributed by atoms with Crippen molar-refractivity contribution in [2.45, 2.75) is 6.54 Å². The summed E-state index contributed by atoms with van der Waals surface area (Å²) in [6.45, 7) is 0.0447. The second kappa shape index (κ2) is 4.42. The highest BCUT2D eigenvalue weighted by molar-refractivity contribution is 5.63. The number of benzene rings is 1. The van der Waals surface area contributed by atoms with E-state index in [9.17, 15) is 13.6 Å². The number of rotatable bonds is 2. The molecular formula is C11H9F2N3O. The molecule has 1 aromatic carbocycles. The number of H-pyrrole nitrogens is 1. The summed E-state index contributed by atoms with van der Waals surface area (Å²) >= 11 is 0. The molecule has 2 rings (SSSR count). The lowest BCUT2D eigenvalue weighted by atomic mass is 10.1. The van der Waals surface area contributed by atoms with Gasteiger partial charge >= 0.3 is 0 Å². The van der Waals surface area contributed by atoms with Crippen LogP contribution < -0.4 is 11.3 Å². The van der Waals surface area contributed by atoms with Gasteiger partial charge in [-0.15, -0.1) is 0 Å². The van der Waals surface area contributed by atoms with Gasteiger partial charge in [-0.2, -0.15) is 5.10 Å². The predicted molar refractivity (Wildman–Crippen MR) is 58.1 cm³/mol. The molecule has 3 N–H and O–H groups in total. The maximum absolute atomic E-state index is 13.5. The van der Waals surface area contributed by atoms with Gasteiger partial charge in [-0.1, -0.05) is 0 Å². The van der Waals surface area contributed by atoms with E-state index in [1.807, 2.05) is 0 Å². The van der Waals surface area contributed by atoms with Crippen molar-refractivity contribution in [1.29, 1.82) is 0 Å². The third-order valence-electron chi connectivity index (χ3n) is 2.29. The Kier molecular flexibility index (Phi) is 2.97. The molecule has 1 heterocycles. The molecule has 0 aliphatic heterocycles. The Hall–Kier alpha value is -2.08. The summed E-state index contributed by atoms with van der Waals surface area (Å²) < 4.78 is 26.3. The average Bonchev–Trinajstić information content (AvgIpc) is 2.30. The largest absolute Gasteiger partial charge is 0.326 e. The number of aromatic amines is 1. The number of nitrogens with one attached hydrogen (secondary N) is 1. The first-order valence-electron chi connectivity index (χ1n) is 4.86. The molecule has 0 fully saturated rings. The molecule has 0 bridgehead atoms. The highest BCUT2D eigenvalue weighted by atomic mass is 19.1. The van der Waals surface area contributed by atoms with Crippen LogP contribution in [0.2, 0.25) is 0 Å². The highest BCUT2D eigenvalue weighted by Crippen LogP contribution is 2.23. The fraction of sp³-hybridized carbons (Fsp3) is 0.0909. The Morgan fingerprint density at radius 3 is 2.71 bits per heavy atom. The molecule has 0 spiro atoms. The van der Waals surface area contributed by atoms with Gasteiger partial charge in [0, 0.05) is 24.2 Å². The van der Waals surface area contributed by atoms with Gasteiger partial charge in [-0.3, -0.25) is 4.79 Å². The van der Waals surface area contributed by atoms with Crippen molar-refractivity contribution in [3.8, 4) is 11.3 Å². The molecule has 0 aliphatic rings. The Balaban J connectivity index is 2.63. The van der Waals surface area contributed by atoms with E-state index in [2.05, 4.69) is 10.2 Å². The maximum Gasteiger partial charge on any atom is 0.264 e.